The van der Waals surface area contributed by atoms with Crippen LogP contribution in [0.4, 0.5) is 5.82 Å². The van der Waals surface area contributed by atoms with Crippen molar-refractivity contribution < 1.29 is 4.74 Å². The minimum atomic E-state index is 0.272. The Hall–Kier alpha value is -1.94. The fourth-order valence-electron chi connectivity index (χ4n) is 2.82. The number of aryl methyl sites for hydroxylation is 1. The molecule has 2 aromatic rings. The molecule has 1 atom stereocenters. The lowest BCUT2D eigenvalue weighted by atomic mass is 10.1. The fraction of sp³-hybridized carbons (Fsp3) is 0.444. The van der Waals surface area contributed by atoms with E-state index in [0.717, 1.165) is 43.9 Å². The Bertz CT molecular complexity index is 588. The highest BCUT2D eigenvalue weighted by molar-refractivity contribution is 5.39. The van der Waals surface area contributed by atoms with Gasteiger partial charge in [0.15, 0.2) is 0 Å². The van der Waals surface area contributed by atoms with E-state index in [1.807, 2.05) is 6.07 Å². The van der Waals surface area contributed by atoms with Crippen molar-refractivity contribution in [1.29, 1.82) is 0 Å². The first-order chi connectivity index (χ1) is 10.8. The maximum atomic E-state index is 6.09. The van der Waals surface area contributed by atoms with Crippen LogP contribution in [0.15, 0.2) is 42.7 Å². The molecular weight excluding hydrogens is 274 g/mol. The van der Waals surface area contributed by atoms with Gasteiger partial charge in [0, 0.05) is 24.8 Å². The summed E-state index contributed by atoms with van der Waals surface area (Å²) in [5, 5.41) is 0. The standard InChI is InChI=1S/C18H23N3O/c1-2-16-11-18(20-14-19-16)21-10-6-9-17(12-21)22-13-15-7-4-3-5-8-15/h3-5,7-8,11,14,17H,2,6,9-10,12-13H2,1H3. The van der Waals surface area contributed by atoms with Crippen LogP contribution in [0, 0.1) is 0 Å². The number of hydrogen-bond acceptors (Lipinski definition) is 4. The number of ether oxygens (including phenoxy) is 1. The lowest BCUT2D eigenvalue weighted by Gasteiger charge is -2.33. The van der Waals surface area contributed by atoms with Crippen molar-refractivity contribution in [2.45, 2.75) is 38.9 Å². The monoisotopic (exact) mass is 297 g/mol. The lowest BCUT2D eigenvalue weighted by molar-refractivity contribution is 0.0314. The predicted molar refractivity (Wildman–Crippen MR) is 87.9 cm³/mol. The Morgan fingerprint density at radius 3 is 2.91 bits per heavy atom. The van der Waals surface area contributed by atoms with Crippen LogP contribution in [-0.2, 0) is 17.8 Å². The van der Waals surface area contributed by atoms with E-state index in [4.69, 9.17) is 4.74 Å². The fourth-order valence-corrected chi connectivity index (χ4v) is 2.82. The van der Waals surface area contributed by atoms with Crippen LogP contribution in [0.2, 0.25) is 0 Å². The average Bonchev–Trinajstić information content (AvgIpc) is 2.61. The number of nitrogens with zero attached hydrogens (tertiary/aromatic N) is 3. The summed E-state index contributed by atoms with van der Waals surface area (Å²) in [6, 6.07) is 12.5. The average molecular weight is 297 g/mol. The van der Waals surface area contributed by atoms with Crippen LogP contribution in [0.1, 0.15) is 31.0 Å². The number of hydrogen-bond donors (Lipinski definition) is 0. The molecule has 1 unspecified atom stereocenters. The van der Waals surface area contributed by atoms with Crippen molar-refractivity contribution in [3.8, 4) is 0 Å². The summed E-state index contributed by atoms with van der Waals surface area (Å²) in [4.78, 5) is 11.0. The zero-order chi connectivity index (χ0) is 15.2. The van der Waals surface area contributed by atoms with Crippen LogP contribution >= 0.6 is 0 Å². The second-order valence-electron chi connectivity index (χ2n) is 5.73. The van der Waals surface area contributed by atoms with Crippen LogP contribution in [0.5, 0.6) is 0 Å². The molecule has 116 valence electrons. The first-order valence-corrected chi connectivity index (χ1v) is 8.06. The third-order valence-electron chi connectivity index (χ3n) is 4.10. The molecule has 1 aromatic heterocycles. The van der Waals surface area contributed by atoms with Gasteiger partial charge in [-0.25, -0.2) is 9.97 Å². The Morgan fingerprint density at radius 1 is 1.23 bits per heavy atom. The smallest absolute Gasteiger partial charge is 0.132 e. The van der Waals surface area contributed by atoms with E-state index >= 15 is 0 Å². The van der Waals surface area contributed by atoms with E-state index in [0.29, 0.717) is 6.61 Å². The highest BCUT2D eigenvalue weighted by atomic mass is 16.5. The van der Waals surface area contributed by atoms with Gasteiger partial charge in [-0.3, -0.25) is 0 Å². The molecule has 0 spiro atoms. The summed E-state index contributed by atoms with van der Waals surface area (Å²) >= 11 is 0. The SMILES string of the molecule is CCc1cc(N2CCCC(OCc3ccccc3)C2)ncn1. The van der Waals surface area contributed by atoms with Crippen molar-refractivity contribution in [3.63, 3.8) is 0 Å². The molecule has 3 rings (SSSR count). The van der Waals surface area contributed by atoms with Crippen LogP contribution in [0.25, 0.3) is 0 Å². The molecule has 0 bridgehead atoms. The molecule has 0 radical (unpaired) electrons. The Balaban J connectivity index is 1.59. The normalized spacial score (nSPS) is 18.4. The van der Waals surface area contributed by atoms with Gasteiger partial charge in [0.2, 0.25) is 0 Å². The third kappa shape index (κ3) is 3.83. The van der Waals surface area contributed by atoms with E-state index < -0.39 is 0 Å². The first-order valence-electron chi connectivity index (χ1n) is 8.06. The van der Waals surface area contributed by atoms with Gasteiger partial charge in [0.05, 0.1) is 12.7 Å². The topological polar surface area (TPSA) is 38.2 Å². The van der Waals surface area contributed by atoms with Gasteiger partial charge in [0.1, 0.15) is 12.1 Å². The van der Waals surface area contributed by atoms with Gasteiger partial charge in [-0.2, -0.15) is 0 Å². The van der Waals surface area contributed by atoms with Gasteiger partial charge in [-0.05, 0) is 24.8 Å². The summed E-state index contributed by atoms with van der Waals surface area (Å²) in [7, 11) is 0. The molecule has 1 fully saturated rings. The molecule has 1 aliphatic rings. The maximum absolute atomic E-state index is 6.09. The molecule has 0 amide bonds. The number of benzene rings is 1. The molecular formula is C18H23N3O. The van der Waals surface area contributed by atoms with Crippen LogP contribution < -0.4 is 4.90 Å². The molecule has 22 heavy (non-hydrogen) atoms. The second-order valence-corrected chi connectivity index (χ2v) is 5.73. The highest BCUT2D eigenvalue weighted by Gasteiger charge is 2.21. The number of aromatic nitrogens is 2. The molecule has 0 saturated carbocycles. The van der Waals surface area contributed by atoms with Crippen molar-refractivity contribution in [1.82, 2.24) is 9.97 Å². The van der Waals surface area contributed by atoms with E-state index in [-0.39, 0.29) is 6.10 Å². The highest BCUT2D eigenvalue weighted by Crippen LogP contribution is 2.20. The molecule has 1 saturated heterocycles. The van der Waals surface area contributed by atoms with Crippen molar-refractivity contribution in [2.75, 3.05) is 18.0 Å². The summed E-state index contributed by atoms with van der Waals surface area (Å²) in [6.45, 7) is 4.76. The van der Waals surface area contributed by atoms with E-state index in [1.54, 1.807) is 6.33 Å². The summed E-state index contributed by atoms with van der Waals surface area (Å²) < 4.78 is 6.09. The molecule has 1 aromatic carbocycles. The Morgan fingerprint density at radius 2 is 2.09 bits per heavy atom. The number of rotatable bonds is 5. The van der Waals surface area contributed by atoms with Gasteiger partial charge in [-0.1, -0.05) is 37.3 Å². The van der Waals surface area contributed by atoms with Gasteiger partial charge >= 0.3 is 0 Å². The molecule has 1 aliphatic heterocycles. The van der Waals surface area contributed by atoms with Crippen LogP contribution in [-0.4, -0.2) is 29.2 Å². The quantitative estimate of drug-likeness (QED) is 0.849. The Labute approximate surface area is 132 Å². The zero-order valence-electron chi connectivity index (χ0n) is 13.1. The zero-order valence-corrected chi connectivity index (χ0v) is 13.1. The molecule has 0 N–H and O–H groups in total. The second kappa shape index (κ2) is 7.36. The summed E-state index contributed by atoms with van der Waals surface area (Å²) in [5.41, 5.74) is 2.33. The number of piperidine rings is 1. The number of anilines is 1. The largest absolute Gasteiger partial charge is 0.372 e. The lowest BCUT2D eigenvalue weighted by Crippen LogP contribution is -2.40. The van der Waals surface area contributed by atoms with Crippen molar-refractivity contribution >= 4 is 5.82 Å². The summed E-state index contributed by atoms with van der Waals surface area (Å²) in [5.74, 6) is 1.03. The predicted octanol–water partition coefficient (Wildman–Crippen LogP) is 3.22. The maximum Gasteiger partial charge on any atom is 0.132 e. The minimum Gasteiger partial charge on any atom is -0.372 e. The first kappa shape index (κ1) is 15.0. The summed E-state index contributed by atoms with van der Waals surface area (Å²) in [6.07, 6.45) is 5.15. The van der Waals surface area contributed by atoms with E-state index in [1.165, 1.54) is 5.56 Å². The Kier molecular flexibility index (Phi) is 5.01. The van der Waals surface area contributed by atoms with Gasteiger partial charge in [0.25, 0.3) is 0 Å². The third-order valence-corrected chi connectivity index (χ3v) is 4.10. The molecule has 4 heteroatoms. The van der Waals surface area contributed by atoms with E-state index in [2.05, 4.69) is 52.1 Å². The van der Waals surface area contributed by atoms with Gasteiger partial charge in [-0.15, -0.1) is 0 Å². The molecule has 4 nitrogen and oxygen atoms in total. The van der Waals surface area contributed by atoms with Crippen molar-refractivity contribution in [2.24, 2.45) is 0 Å². The van der Waals surface area contributed by atoms with Gasteiger partial charge < -0.3 is 9.64 Å². The molecule has 2 heterocycles. The van der Waals surface area contributed by atoms with Crippen LogP contribution in [0.3, 0.4) is 0 Å². The minimum absolute atomic E-state index is 0.272. The van der Waals surface area contributed by atoms with E-state index in [9.17, 15) is 0 Å². The molecule has 0 aliphatic carbocycles. The van der Waals surface area contributed by atoms with Crippen molar-refractivity contribution in [3.05, 3.63) is 54.0 Å².